The molecule has 0 aromatic carbocycles. The lowest BCUT2D eigenvalue weighted by molar-refractivity contribution is -0.141. The van der Waals surface area contributed by atoms with Crippen LogP contribution in [0.2, 0.25) is 0 Å². The van der Waals surface area contributed by atoms with Crippen molar-refractivity contribution in [2.24, 2.45) is 0 Å². The molecular weight excluding hydrogens is 260 g/mol. The third kappa shape index (κ3) is 2.54. The Morgan fingerprint density at radius 1 is 1.25 bits per heavy atom. The minimum atomic E-state index is -0.157. The summed E-state index contributed by atoms with van der Waals surface area (Å²) in [4.78, 5) is 11.4. The van der Waals surface area contributed by atoms with E-state index in [9.17, 15) is 4.79 Å². The summed E-state index contributed by atoms with van der Waals surface area (Å²) in [5.41, 5.74) is 1.06. The molecule has 20 heavy (non-hydrogen) atoms. The monoisotopic (exact) mass is 280 g/mol. The van der Waals surface area contributed by atoms with Gasteiger partial charge in [-0.1, -0.05) is 0 Å². The van der Waals surface area contributed by atoms with E-state index in [1.165, 1.54) is 0 Å². The maximum Gasteiger partial charge on any atom is 0.311 e. The van der Waals surface area contributed by atoms with Crippen LogP contribution in [0.5, 0.6) is 0 Å². The van der Waals surface area contributed by atoms with Gasteiger partial charge in [-0.05, 0) is 25.8 Å². The van der Waals surface area contributed by atoms with Crippen molar-refractivity contribution in [1.82, 2.24) is 0 Å². The van der Waals surface area contributed by atoms with Gasteiger partial charge in [0.25, 0.3) is 0 Å². The molecule has 1 fully saturated rings. The summed E-state index contributed by atoms with van der Waals surface area (Å²) >= 11 is 0. The van der Waals surface area contributed by atoms with E-state index >= 15 is 0 Å². The van der Waals surface area contributed by atoms with Crippen LogP contribution in [0.3, 0.4) is 0 Å². The molecule has 1 saturated heterocycles. The van der Waals surface area contributed by atoms with Crippen LogP contribution in [0.1, 0.15) is 39.5 Å². The molecule has 0 aromatic heterocycles. The van der Waals surface area contributed by atoms with Gasteiger partial charge in [0, 0.05) is 12.8 Å². The van der Waals surface area contributed by atoms with Gasteiger partial charge in [-0.3, -0.25) is 4.79 Å². The quantitative estimate of drug-likeness (QED) is 0.584. The highest BCUT2D eigenvalue weighted by atomic mass is 16.6. The molecule has 0 radical (unpaired) electrons. The minimum absolute atomic E-state index is 0.0931. The van der Waals surface area contributed by atoms with Crippen LogP contribution in [0.15, 0.2) is 22.9 Å². The van der Waals surface area contributed by atoms with Gasteiger partial charge >= 0.3 is 5.97 Å². The molecule has 1 aliphatic carbocycles. The van der Waals surface area contributed by atoms with Crippen molar-refractivity contribution in [1.29, 1.82) is 0 Å². The third-order valence-corrected chi connectivity index (χ3v) is 4.09. The van der Waals surface area contributed by atoms with Crippen molar-refractivity contribution in [3.63, 3.8) is 0 Å². The number of hydrogen-bond acceptors (Lipinski definition) is 5. The standard InChI is InChI=1S/C15H20O5/c1-15(2)13(20-15)8-18-12-7-10-9(6-11(12)17-3)4-5-14(16)19-10/h13H,4-8H2,1-3H3. The summed E-state index contributed by atoms with van der Waals surface area (Å²) in [6, 6.07) is 0. The summed E-state index contributed by atoms with van der Waals surface area (Å²) < 4.78 is 22.1. The lowest BCUT2D eigenvalue weighted by Gasteiger charge is -2.27. The Balaban J connectivity index is 1.66. The zero-order valence-electron chi connectivity index (χ0n) is 12.2. The van der Waals surface area contributed by atoms with Gasteiger partial charge in [-0.2, -0.15) is 0 Å². The van der Waals surface area contributed by atoms with E-state index in [0.717, 1.165) is 29.3 Å². The normalized spacial score (nSPS) is 27.9. The highest BCUT2D eigenvalue weighted by Gasteiger charge is 2.48. The first-order valence-corrected chi connectivity index (χ1v) is 6.98. The average Bonchev–Trinajstić information content (AvgIpc) is 3.02. The van der Waals surface area contributed by atoms with Crippen LogP contribution in [-0.4, -0.2) is 31.4 Å². The van der Waals surface area contributed by atoms with Gasteiger partial charge in [0.2, 0.25) is 0 Å². The predicted molar refractivity (Wildman–Crippen MR) is 70.5 cm³/mol. The average molecular weight is 280 g/mol. The van der Waals surface area contributed by atoms with Crippen molar-refractivity contribution in [3.05, 3.63) is 22.9 Å². The molecule has 2 heterocycles. The molecule has 0 saturated carbocycles. The Hall–Kier alpha value is -1.49. The molecule has 2 aliphatic heterocycles. The smallest absolute Gasteiger partial charge is 0.311 e. The van der Waals surface area contributed by atoms with Gasteiger partial charge in [-0.15, -0.1) is 0 Å². The third-order valence-electron chi connectivity index (χ3n) is 4.09. The van der Waals surface area contributed by atoms with Crippen LogP contribution in [0.4, 0.5) is 0 Å². The van der Waals surface area contributed by atoms with Gasteiger partial charge in [0.05, 0.1) is 19.1 Å². The summed E-state index contributed by atoms with van der Waals surface area (Å²) in [6.45, 7) is 4.58. The summed E-state index contributed by atoms with van der Waals surface area (Å²) in [5, 5.41) is 0. The number of ether oxygens (including phenoxy) is 4. The number of carbonyl (C=O) groups is 1. The van der Waals surface area contributed by atoms with Crippen molar-refractivity contribution < 1.29 is 23.7 Å². The van der Waals surface area contributed by atoms with E-state index in [1.807, 2.05) is 13.8 Å². The first kappa shape index (κ1) is 13.5. The Morgan fingerprint density at radius 3 is 2.65 bits per heavy atom. The van der Waals surface area contributed by atoms with E-state index < -0.39 is 0 Å². The fourth-order valence-corrected chi connectivity index (χ4v) is 2.60. The lowest BCUT2D eigenvalue weighted by atomic mass is 9.95. The second-order valence-electron chi connectivity index (χ2n) is 5.93. The molecule has 1 unspecified atom stereocenters. The Bertz CT molecular complexity index is 500. The summed E-state index contributed by atoms with van der Waals surface area (Å²) in [7, 11) is 1.65. The second-order valence-corrected chi connectivity index (χ2v) is 5.93. The highest BCUT2D eigenvalue weighted by Crippen LogP contribution is 2.39. The number of carbonyl (C=O) groups excluding carboxylic acids is 1. The van der Waals surface area contributed by atoms with Crippen molar-refractivity contribution in [2.75, 3.05) is 13.7 Å². The molecule has 5 nitrogen and oxygen atoms in total. The van der Waals surface area contributed by atoms with Crippen molar-refractivity contribution >= 4 is 5.97 Å². The Labute approximate surface area is 118 Å². The van der Waals surface area contributed by atoms with E-state index in [0.29, 0.717) is 25.9 Å². The molecule has 1 atom stereocenters. The first-order chi connectivity index (χ1) is 9.49. The number of epoxide rings is 1. The molecular formula is C15H20O5. The minimum Gasteiger partial charge on any atom is -0.497 e. The number of allylic oxidation sites excluding steroid dienone is 1. The summed E-state index contributed by atoms with van der Waals surface area (Å²) in [5.74, 6) is 2.18. The fourth-order valence-electron chi connectivity index (χ4n) is 2.60. The van der Waals surface area contributed by atoms with E-state index in [4.69, 9.17) is 18.9 Å². The molecule has 0 N–H and O–H groups in total. The first-order valence-electron chi connectivity index (χ1n) is 6.98. The molecule has 110 valence electrons. The molecule has 3 rings (SSSR count). The number of hydrogen-bond donors (Lipinski definition) is 0. The van der Waals surface area contributed by atoms with Crippen LogP contribution in [-0.2, 0) is 23.7 Å². The molecule has 3 aliphatic rings. The Kier molecular flexibility index (Phi) is 3.24. The molecule has 0 spiro atoms. The number of esters is 1. The number of methoxy groups -OCH3 is 1. The molecule has 0 amide bonds. The fraction of sp³-hybridized carbons (Fsp3) is 0.667. The zero-order chi connectivity index (χ0) is 14.3. The second kappa shape index (κ2) is 4.81. The summed E-state index contributed by atoms with van der Waals surface area (Å²) in [6.07, 6.45) is 2.50. The SMILES string of the molecule is COC1=C(OCC2OC2(C)C)CC2=C(CCC(=O)O2)C1. The molecule has 5 heteroatoms. The van der Waals surface area contributed by atoms with Crippen molar-refractivity contribution in [2.45, 2.75) is 51.2 Å². The van der Waals surface area contributed by atoms with Crippen LogP contribution in [0.25, 0.3) is 0 Å². The van der Waals surface area contributed by atoms with Gasteiger partial charge in [0.1, 0.15) is 30.0 Å². The van der Waals surface area contributed by atoms with Gasteiger partial charge < -0.3 is 18.9 Å². The zero-order valence-corrected chi connectivity index (χ0v) is 12.2. The number of rotatable bonds is 4. The predicted octanol–water partition coefficient (Wildman–Crippen LogP) is 2.42. The van der Waals surface area contributed by atoms with E-state index in [2.05, 4.69) is 0 Å². The largest absolute Gasteiger partial charge is 0.497 e. The Morgan fingerprint density at radius 2 is 2.00 bits per heavy atom. The van der Waals surface area contributed by atoms with Crippen LogP contribution in [0, 0.1) is 0 Å². The van der Waals surface area contributed by atoms with Gasteiger partial charge in [0.15, 0.2) is 0 Å². The van der Waals surface area contributed by atoms with E-state index in [1.54, 1.807) is 7.11 Å². The topological polar surface area (TPSA) is 57.3 Å². The van der Waals surface area contributed by atoms with Crippen LogP contribution < -0.4 is 0 Å². The van der Waals surface area contributed by atoms with Crippen molar-refractivity contribution in [3.8, 4) is 0 Å². The lowest BCUT2D eigenvalue weighted by Crippen LogP contribution is -2.20. The highest BCUT2D eigenvalue weighted by molar-refractivity contribution is 5.72. The molecule has 0 bridgehead atoms. The van der Waals surface area contributed by atoms with Crippen LogP contribution >= 0.6 is 0 Å². The van der Waals surface area contributed by atoms with Gasteiger partial charge in [-0.25, -0.2) is 0 Å². The van der Waals surface area contributed by atoms with E-state index in [-0.39, 0.29) is 17.7 Å². The molecule has 0 aromatic rings. The maximum atomic E-state index is 11.4. The maximum absolute atomic E-state index is 11.4.